The summed E-state index contributed by atoms with van der Waals surface area (Å²) in [6.07, 6.45) is 4.11. The maximum Gasteiger partial charge on any atom is 0.339 e. The van der Waals surface area contributed by atoms with E-state index in [1.807, 2.05) is 6.07 Å². The molecule has 3 aliphatic heterocycles. The Morgan fingerprint density at radius 2 is 1.85 bits per heavy atom. The summed E-state index contributed by atoms with van der Waals surface area (Å²) in [5, 5.41) is 33.5. The Balaban J connectivity index is 0.000000235. The molecular weight excluding hydrogens is 502 g/mol. The van der Waals surface area contributed by atoms with Crippen LogP contribution in [0.2, 0.25) is 0 Å². The number of nitrogens with one attached hydrogen (secondary N) is 2. The van der Waals surface area contributed by atoms with E-state index in [9.17, 15) is 4.79 Å². The van der Waals surface area contributed by atoms with E-state index in [-0.39, 0.29) is 11.3 Å². The van der Waals surface area contributed by atoms with E-state index >= 15 is 0 Å². The average molecular weight is 534 g/mol. The topological polar surface area (TPSA) is 171 Å². The van der Waals surface area contributed by atoms with Crippen LogP contribution in [0.4, 0.5) is 17.3 Å². The predicted molar refractivity (Wildman–Crippen MR) is 146 cm³/mol. The van der Waals surface area contributed by atoms with Crippen LogP contribution in [-0.2, 0) is 4.74 Å². The van der Waals surface area contributed by atoms with Crippen LogP contribution in [-0.4, -0.2) is 92.6 Å². The van der Waals surface area contributed by atoms with E-state index in [1.165, 1.54) is 25.0 Å². The molecule has 3 fully saturated rings. The number of aromatic hydroxyl groups is 1. The van der Waals surface area contributed by atoms with Gasteiger partial charge in [-0.3, -0.25) is 5.10 Å². The number of benzene rings is 1. The van der Waals surface area contributed by atoms with Gasteiger partial charge < -0.3 is 35.8 Å². The Labute approximate surface area is 224 Å². The Hall–Kier alpha value is -4.36. The highest BCUT2D eigenvalue weighted by Gasteiger charge is 2.38. The van der Waals surface area contributed by atoms with E-state index in [1.54, 1.807) is 23.0 Å². The van der Waals surface area contributed by atoms with Crippen molar-refractivity contribution < 1.29 is 19.7 Å². The monoisotopic (exact) mass is 533 g/mol. The number of hydrogen-bond donors (Lipinski definition) is 5. The third-order valence-electron chi connectivity index (χ3n) is 7.47. The summed E-state index contributed by atoms with van der Waals surface area (Å²) in [6.45, 7) is 5.11. The number of aromatic nitrogens is 5. The lowest BCUT2D eigenvalue weighted by Crippen LogP contribution is -2.52. The molecule has 6 N–H and O–H groups in total. The SMILES string of the molecule is Nc1nn(-c2ccn[nH]2)c2nc(N3CCOCC3)cc(N3C4CCC3CNC4)c12.O=C(O)c1ccccc1O. The summed E-state index contributed by atoms with van der Waals surface area (Å²) in [4.78, 5) is 20.1. The molecule has 0 saturated carbocycles. The molecule has 6 heterocycles. The Kier molecular flexibility index (Phi) is 6.67. The molecule has 1 aromatic carbocycles. The quantitative estimate of drug-likeness (QED) is 0.258. The van der Waals surface area contributed by atoms with Crippen LogP contribution in [0.15, 0.2) is 42.6 Å². The minimum absolute atomic E-state index is 0.0671. The lowest BCUT2D eigenvalue weighted by molar-refractivity contribution is 0.0693. The van der Waals surface area contributed by atoms with Gasteiger partial charge in [0, 0.05) is 50.4 Å². The zero-order chi connectivity index (χ0) is 26.9. The van der Waals surface area contributed by atoms with E-state index in [2.05, 4.69) is 36.5 Å². The molecule has 13 nitrogen and oxygen atoms in total. The minimum Gasteiger partial charge on any atom is -0.507 e. The number of para-hydroxylation sites is 1. The van der Waals surface area contributed by atoms with Crippen molar-refractivity contribution in [2.75, 3.05) is 54.9 Å². The average Bonchev–Trinajstić information content (AvgIpc) is 3.66. The molecule has 39 heavy (non-hydrogen) atoms. The standard InChI is InChI=1S/C19H25N9O.C7H6O3/c20-18-17-14(27-12-1-2-13(27)11-21-10-12)9-16(26-5-7-29-8-6-26)23-19(17)28(25-18)15-3-4-22-24-15;8-6-4-2-1-3-5(6)7(9)10/h3-4,9,12-13,21H,1-2,5-8,10-11H2,(H2,20,25)(H,22,24);1-4,8H,(H,9,10). The molecule has 0 radical (unpaired) electrons. The van der Waals surface area contributed by atoms with E-state index in [4.69, 9.17) is 25.7 Å². The zero-order valence-corrected chi connectivity index (χ0v) is 21.3. The first-order valence-electron chi connectivity index (χ1n) is 13.0. The van der Waals surface area contributed by atoms with Gasteiger partial charge in [-0.15, -0.1) is 5.10 Å². The number of nitrogens with two attached hydrogens (primary N) is 1. The third-order valence-corrected chi connectivity index (χ3v) is 7.47. The summed E-state index contributed by atoms with van der Waals surface area (Å²) < 4.78 is 7.32. The minimum atomic E-state index is -1.11. The first-order valence-corrected chi connectivity index (χ1v) is 13.0. The molecule has 3 aromatic heterocycles. The van der Waals surface area contributed by atoms with Crippen LogP contribution in [0, 0.1) is 0 Å². The number of carboxylic acid groups (broad SMARTS) is 1. The van der Waals surface area contributed by atoms with Crippen LogP contribution in [0.3, 0.4) is 0 Å². The number of morpholine rings is 1. The Bertz CT molecular complexity index is 1450. The van der Waals surface area contributed by atoms with Crippen molar-refractivity contribution >= 4 is 34.3 Å². The molecule has 2 atom stereocenters. The molecule has 0 spiro atoms. The number of H-pyrrole nitrogens is 1. The fourth-order valence-corrected chi connectivity index (χ4v) is 5.63. The van der Waals surface area contributed by atoms with Gasteiger partial charge in [0.15, 0.2) is 17.3 Å². The van der Waals surface area contributed by atoms with Gasteiger partial charge in [0.25, 0.3) is 0 Å². The van der Waals surface area contributed by atoms with E-state index in [0.717, 1.165) is 67.7 Å². The molecule has 0 amide bonds. The van der Waals surface area contributed by atoms with Gasteiger partial charge >= 0.3 is 5.97 Å². The van der Waals surface area contributed by atoms with Crippen LogP contribution in [0.5, 0.6) is 5.75 Å². The number of anilines is 3. The summed E-state index contributed by atoms with van der Waals surface area (Å²) in [6, 6.07) is 10.9. The number of aromatic carboxylic acids is 1. The van der Waals surface area contributed by atoms with E-state index < -0.39 is 5.97 Å². The third kappa shape index (κ3) is 4.70. The number of aromatic amines is 1. The highest BCUT2D eigenvalue weighted by atomic mass is 16.5. The number of piperazine rings is 1. The van der Waals surface area contributed by atoms with Crippen molar-refractivity contribution in [2.45, 2.75) is 24.9 Å². The highest BCUT2D eigenvalue weighted by Crippen LogP contribution is 2.41. The molecular formula is C26H31N9O4. The molecule has 4 aromatic rings. The number of fused-ring (bicyclic) bond motifs is 3. The van der Waals surface area contributed by atoms with Crippen molar-refractivity contribution in [3.8, 4) is 11.6 Å². The number of carbonyl (C=O) groups is 1. The Morgan fingerprint density at radius 1 is 1.10 bits per heavy atom. The molecule has 3 saturated heterocycles. The van der Waals surface area contributed by atoms with Gasteiger partial charge in [-0.25, -0.2) is 9.78 Å². The summed E-state index contributed by atoms with van der Waals surface area (Å²) >= 11 is 0. The second-order valence-corrected chi connectivity index (χ2v) is 9.81. The maximum absolute atomic E-state index is 10.3. The molecule has 3 aliphatic rings. The predicted octanol–water partition coefficient (Wildman–Crippen LogP) is 1.59. The van der Waals surface area contributed by atoms with Crippen LogP contribution in [0.25, 0.3) is 16.9 Å². The number of nitrogens with zero attached hydrogens (tertiary/aromatic N) is 6. The van der Waals surface area contributed by atoms with Crippen LogP contribution in [0.1, 0.15) is 23.2 Å². The van der Waals surface area contributed by atoms with Crippen molar-refractivity contribution in [3.63, 3.8) is 0 Å². The number of nitrogen functional groups attached to an aromatic ring is 1. The lowest BCUT2D eigenvalue weighted by atomic mass is 10.1. The normalized spacial score (nSPS) is 20.6. The number of hydrogen-bond acceptors (Lipinski definition) is 10. The van der Waals surface area contributed by atoms with Gasteiger partial charge in [-0.1, -0.05) is 12.1 Å². The fraction of sp³-hybridized carbons (Fsp3) is 0.385. The van der Waals surface area contributed by atoms with Gasteiger partial charge in [0.1, 0.15) is 17.1 Å². The first-order chi connectivity index (χ1) is 19.0. The smallest absolute Gasteiger partial charge is 0.339 e. The molecule has 7 rings (SSSR count). The number of carboxylic acids is 1. The van der Waals surface area contributed by atoms with Gasteiger partial charge in [-0.2, -0.15) is 9.78 Å². The molecule has 0 aliphatic carbocycles. The first kappa shape index (κ1) is 24.9. The van der Waals surface area contributed by atoms with Gasteiger partial charge in [0.2, 0.25) is 0 Å². The molecule has 204 valence electrons. The summed E-state index contributed by atoms with van der Waals surface area (Å²) in [5.74, 6) is 0.901. The van der Waals surface area contributed by atoms with Crippen LogP contribution >= 0.6 is 0 Å². The van der Waals surface area contributed by atoms with E-state index in [0.29, 0.717) is 17.9 Å². The van der Waals surface area contributed by atoms with Gasteiger partial charge in [0.05, 0.1) is 30.5 Å². The van der Waals surface area contributed by atoms with Gasteiger partial charge in [-0.05, 0) is 25.0 Å². The largest absolute Gasteiger partial charge is 0.507 e. The molecule has 2 bridgehead atoms. The number of phenols is 1. The number of pyridine rings is 1. The molecule has 13 heteroatoms. The second kappa shape index (κ2) is 10.4. The zero-order valence-electron chi connectivity index (χ0n) is 21.3. The van der Waals surface area contributed by atoms with Crippen molar-refractivity contribution in [1.82, 2.24) is 30.3 Å². The van der Waals surface area contributed by atoms with Crippen molar-refractivity contribution in [1.29, 1.82) is 0 Å². The Morgan fingerprint density at radius 3 is 2.49 bits per heavy atom. The number of rotatable bonds is 4. The maximum atomic E-state index is 10.3. The number of ether oxygens (including phenoxy) is 1. The highest BCUT2D eigenvalue weighted by molar-refractivity contribution is 6.00. The molecule has 2 unspecified atom stereocenters. The lowest BCUT2D eigenvalue weighted by Gasteiger charge is -2.38. The fourth-order valence-electron chi connectivity index (χ4n) is 5.63. The summed E-state index contributed by atoms with van der Waals surface area (Å²) in [5.41, 5.74) is 8.30. The van der Waals surface area contributed by atoms with Crippen molar-refractivity contribution in [3.05, 3.63) is 48.2 Å². The summed E-state index contributed by atoms with van der Waals surface area (Å²) in [7, 11) is 0. The van der Waals surface area contributed by atoms with Crippen molar-refractivity contribution in [2.24, 2.45) is 0 Å². The second-order valence-electron chi connectivity index (χ2n) is 9.81. The van der Waals surface area contributed by atoms with Crippen LogP contribution < -0.4 is 20.9 Å².